The summed E-state index contributed by atoms with van der Waals surface area (Å²) in [4.78, 5) is 15.1. The van der Waals surface area contributed by atoms with Crippen LogP contribution in [0.4, 0.5) is 0 Å². The van der Waals surface area contributed by atoms with Gasteiger partial charge in [-0.1, -0.05) is 0 Å². The van der Waals surface area contributed by atoms with Crippen molar-refractivity contribution in [3.05, 3.63) is 0 Å². The van der Waals surface area contributed by atoms with Crippen molar-refractivity contribution in [3.63, 3.8) is 0 Å². The molecule has 1 unspecified atom stereocenters. The van der Waals surface area contributed by atoms with E-state index in [1.807, 2.05) is 14.0 Å². The lowest BCUT2D eigenvalue weighted by atomic mass is 9.75. The Balaban J connectivity index is 2.49. The molecule has 0 radical (unpaired) electrons. The lowest BCUT2D eigenvalue weighted by Crippen LogP contribution is -2.57. The molecule has 0 aliphatic heterocycles. The SMILES string of the molecule is CC(CC(=O)O)N(C)CC1(N(C)C)CCC1. The largest absolute Gasteiger partial charge is 0.481 e. The maximum absolute atomic E-state index is 10.7. The second kappa shape index (κ2) is 5.15. The number of nitrogens with zero attached hydrogens (tertiary/aromatic N) is 2. The standard InChI is InChI=1S/C12H24N2O2/c1-10(8-11(15)16)14(4)9-12(13(2)3)6-5-7-12/h10H,5-9H2,1-4H3,(H,15,16). The van der Waals surface area contributed by atoms with Gasteiger partial charge >= 0.3 is 5.97 Å². The van der Waals surface area contributed by atoms with E-state index in [2.05, 4.69) is 23.9 Å². The maximum atomic E-state index is 10.7. The lowest BCUT2D eigenvalue weighted by molar-refractivity contribution is -0.138. The molecule has 1 aliphatic rings. The summed E-state index contributed by atoms with van der Waals surface area (Å²) < 4.78 is 0. The Kier molecular flexibility index (Phi) is 4.33. The Hall–Kier alpha value is -0.610. The Morgan fingerprint density at radius 3 is 2.25 bits per heavy atom. The highest BCUT2D eigenvalue weighted by Crippen LogP contribution is 2.36. The zero-order chi connectivity index (χ0) is 12.3. The molecule has 1 saturated carbocycles. The fraction of sp³-hybridized carbons (Fsp3) is 0.917. The van der Waals surface area contributed by atoms with E-state index < -0.39 is 5.97 Å². The highest BCUT2D eigenvalue weighted by atomic mass is 16.4. The zero-order valence-electron chi connectivity index (χ0n) is 10.9. The predicted molar refractivity (Wildman–Crippen MR) is 64.6 cm³/mol. The van der Waals surface area contributed by atoms with Crippen LogP contribution >= 0.6 is 0 Å². The van der Waals surface area contributed by atoms with E-state index in [9.17, 15) is 4.79 Å². The molecule has 0 amide bonds. The molecule has 0 bridgehead atoms. The molecule has 0 aromatic rings. The van der Waals surface area contributed by atoms with Crippen LogP contribution in [0.25, 0.3) is 0 Å². The smallest absolute Gasteiger partial charge is 0.304 e. The number of hydrogen-bond donors (Lipinski definition) is 1. The molecule has 0 saturated heterocycles. The number of carbonyl (C=O) groups is 1. The molecule has 4 nitrogen and oxygen atoms in total. The lowest BCUT2D eigenvalue weighted by Gasteiger charge is -2.50. The van der Waals surface area contributed by atoms with E-state index >= 15 is 0 Å². The first-order valence-electron chi connectivity index (χ1n) is 5.97. The molecule has 1 rings (SSSR count). The number of carboxylic acid groups (broad SMARTS) is 1. The van der Waals surface area contributed by atoms with Gasteiger partial charge in [0.15, 0.2) is 0 Å². The third-order valence-electron chi connectivity index (χ3n) is 4.00. The average molecular weight is 228 g/mol. The third-order valence-corrected chi connectivity index (χ3v) is 4.00. The fourth-order valence-corrected chi connectivity index (χ4v) is 2.36. The van der Waals surface area contributed by atoms with Crippen LogP contribution in [0.5, 0.6) is 0 Å². The van der Waals surface area contributed by atoms with Crippen LogP contribution in [-0.2, 0) is 4.79 Å². The highest BCUT2D eigenvalue weighted by Gasteiger charge is 2.40. The Morgan fingerprint density at radius 2 is 1.94 bits per heavy atom. The molecular weight excluding hydrogens is 204 g/mol. The number of aliphatic carboxylic acids is 1. The summed E-state index contributed by atoms with van der Waals surface area (Å²) in [6.07, 6.45) is 3.97. The Morgan fingerprint density at radius 1 is 1.38 bits per heavy atom. The van der Waals surface area contributed by atoms with E-state index in [4.69, 9.17) is 5.11 Å². The maximum Gasteiger partial charge on any atom is 0.304 e. The molecule has 1 atom stereocenters. The topological polar surface area (TPSA) is 43.8 Å². The number of hydrogen-bond acceptors (Lipinski definition) is 3. The van der Waals surface area contributed by atoms with Crippen molar-refractivity contribution >= 4 is 5.97 Å². The van der Waals surface area contributed by atoms with Gasteiger partial charge in [0.05, 0.1) is 6.42 Å². The predicted octanol–water partition coefficient (Wildman–Crippen LogP) is 1.27. The van der Waals surface area contributed by atoms with Crippen molar-refractivity contribution in [2.75, 3.05) is 27.7 Å². The number of likely N-dealkylation sites (N-methyl/N-ethyl adjacent to an activating group) is 2. The van der Waals surface area contributed by atoms with Gasteiger partial charge in [-0.05, 0) is 47.3 Å². The average Bonchev–Trinajstić information content (AvgIpc) is 2.08. The van der Waals surface area contributed by atoms with Gasteiger partial charge in [-0.25, -0.2) is 0 Å². The van der Waals surface area contributed by atoms with Crippen LogP contribution in [0.3, 0.4) is 0 Å². The van der Waals surface area contributed by atoms with Gasteiger partial charge in [0, 0.05) is 18.1 Å². The van der Waals surface area contributed by atoms with Crippen molar-refractivity contribution in [1.29, 1.82) is 0 Å². The Bertz CT molecular complexity index is 249. The van der Waals surface area contributed by atoms with Gasteiger partial charge in [-0.15, -0.1) is 0 Å². The molecule has 0 heterocycles. The van der Waals surface area contributed by atoms with Crippen LogP contribution < -0.4 is 0 Å². The summed E-state index contributed by atoms with van der Waals surface area (Å²) in [6, 6.07) is 0.106. The number of carboxylic acids is 1. The van der Waals surface area contributed by atoms with Crippen LogP contribution in [0.1, 0.15) is 32.6 Å². The van der Waals surface area contributed by atoms with Crippen molar-refractivity contribution in [1.82, 2.24) is 9.80 Å². The molecule has 1 aliphatic carbocycles. The monoisotopic (exact) mass is 228 g/mol. The first-order chi connectivity index (χ1) is 7.37. The highest BCUT2D eigenvalue weighted by molar-refractivity contribution is 5.67. The van der Waals surface area contributed by atoms with Crippen LogP contribution in [-0.4, -0.2) is 60.1 Å². The van der Waals surface area contributed by atoms with E-state index in [0.717, 1.165) is 6.54 Å². The van der Waals surface area contributed by atoms with Gasteiger partial charge in [0.25, 0.3) is 0 Å². The van der Waals surface area contributed by atoms with E-state index in [1.54, 1.807) is 0 Å². The molecule has 0 spiro atoms. The summed E-state index contributed by atoms with van der Waals surface area (Å²) >= 11 is 0. The quantitative estimate of drug-likeness (QED) is 0.743. The first kappa shape index (κ1) is 13.5. The van der Waals surface area contributed by atoms with Crippen LogP contribution in [0.15, 0.2) is 0 Å². The van der Waals surface area contributed by atoms with Gasteiger partial charge < -0.3 is 14.9 Å². The number of rotatable bonds is 6. The van der Waals surface area contributed by atoms with Gasteiger partial charge in [-0.3, -0.25) is 4.79 Å². The van der Waals surface area contributed by atoms with Crippen molar-refractivity contribution < 1.29 is 9.90 Å². The van der Waals surface area contributed by atoms with Crippen molar-refractivity contribution in [2.45, 2.75) is 44.2 Å². The van der Waals surface area contributed by atoms with Gasteiger partial charge in [0.2, 0.25) is 0 Å². The van der Waals surface area contributed by atoms with Crippen molar-refractivity contribution in [3.8, 4) is 0 Å². The van der Waals surface area contributed by atoms with E-state index in [-0.39, 0.29) is 18.0 Å². The minimum Gasteiger partial charge on any atom is -0.481 e. The fourth-order valence-electron chi connectivity index (χ4n) is 2.36. The molecule has 1 N–H and O–H groups in total. The molecule has 94 valence electrons. The summed E-state index contributed by atoms with van der Waals surface area (Å²) in [5.74, 6) is -0.716. The Labute approximate surface area is 98.2 Å². The minimum absolute atomic E-state index is 0.106. The van der Waals surface area contributed by atoms with Gasteiger partial charge in [-0.2, -0.15) is 0 Å². The molecular formula is C12H24N2O2. The first-order valence-corrected chi connectivity index (χ1v) is 5.97. The van der Waals surface area contributed by atoms with Crippen molar-refractivity contribution in [2.24, 2.45) is 0 Å². The summed E-state index contributed by atoms with van der Waals surface area (Å²) in [5, 5.41) is 8.77. The summed E-state index contributed by atoms with van der Waals surface area (Å²) in [7, 11) is 6.26. The van der Waals surface area contributed by atoms with Crippen LogP contribution in [0, 0.1) is 0 Å². The molecule has 4 heteroatoms. The molecule has 16 heavy (non-hydrogen) atoms. The normalized spacial score (nSPS) is 20.9. The molecule has 1 fully saturated rings. The van der Waals surface area contributed by atoms with E-state index in [1.165, 1.54) is 19.3 Å². The summed E-state index contributed by atoms with van der Waals surface area (Å²) in [5.41, 5.74) is 0.279. The third kappa shape index (κ3) is 2.95. The zero-order valence-corrected chi connectivity index (χ0v) is 10.9. The second-order valence-corrected chi connectivity index (χ2v) is 5.33. The molecule has 0 aromatic carbocycles. The van der Waals surface area contributed by atoms with E-state index in [0.29, 0.717) is 0 Å². The second-order valence-electron chi connectivity index (χ2n) is 5.33. The van der Waals surface area contributed by atoms with Gasteiger partial charge in [0.1, 0.15) is 0 Å². The van der Waals surface area contributed by atoms with Crippen LogP contribution in [0.2, 0.25) is 0 Å². The summed E-state index contributed by atoms with van der Waals surface area (Å²) in [6.45, 7) is 2.95. The molecule has 0 aromatic heterocycles. The minimum atomic E-state index is -0.716.